The van der Waals surface area contributed by atoms with Crippen molar-refractivity contribution in [2.24, 2.45) is 11.8 Å². The third-order valence-corrected chi connectivity index (χ3v) is 3.88. The van der Waals surface area contributed by atoms with Gasteiger partial charge in [0, 0.05) is 51.9 Å². The van der Waals surface area contributed by atoms with Crippen LogP contribution in [0.4, 0.5) is 0 Å². The van der Waals surface area contributed by atoms with Gasteiger partial charge in [0.05, 0.1) is 0 Å². The average molecular weight is 255 g/mol. The van der Waals surface area contributed by atoms with Gasteiger partial charge in [-0.3, -0.25) is 11.3 Å². The van der Waals surface area contributed by atoms with Gasteiger partial charge in [-0.25, -0.2) is 10.0 Å². The summed E-state index contributed by atoms with van der Waals surface area (Å²) < 4.78 is 0. The van der Waals surface area contributed by atoms with Gasteiger partial charge in [-0.15, -0.1) is 0 Å². The summed E-state index contributed by atoms with van der Waals surface area (Å²) in [7, 11) is 0. The summed E-state index contributed by atoms with van der Waals surface area (Å²) in [4.78, 5) is 2.58. The minimum Gasteiger partial charge on any atom is -0.300 e. The van der Waals surface area contributed by atoms with E-state index in [1.54, 1.807) is 0 Å². The first kappa shape index (κ1) is 14.2. The van der Waals surface area contributed by atoms with Crippen LogP contribution in [-0.4, -0.2) is 66.8 Å². The zero-order valence-corrected chi connectivity index (χ0v) is 11.9. The van der Waals surface area contributed by atoms with E-state index >= 15 is 0 Å². The molecule has 5 heteroatoms. The average Bonchev–Trinajstić information content (AvgIpc) is 2.32. The molecule has 0 aromatic carbocycles. The van der Waals surface area contributed by atoms with Crippen LogP contribution >= 0.6 is 0 Å². The molecule has 2 saturated heterocycles. The topological polar surface area (TPSA) is 47.8 Å². The van der Waals surface area contributed by atoms with E-state index in [1.165, 1.54) is 32.5 Å². The molecule has 2 aliphatic rings. The van der Waals surface area contributed by atoms with Gasteiger partial charge in [0.1, 0.15) is 0 Å². The van der Waals surface area contributed by atoms with Crippen LogP contribution in [0.25, 0.3) is 0 Å². The maximum atomic E-state index is 5.80. The monoisotopic (exact) mass is 255 g/mol. The molecule has 0 aromatic rings. The van der Waals surface area contributed by atoms with E-state index < -0.39 is 0 Å². The zero-order chi connectivity index (χ0) is 13.0. The standard InChI is InChI=1S/C13H29N5/c1-12(2)15-18-5-3-4-13(11-18)10-16-6-8-17(14)9-7-16/h12-13,15H,3-11,14H2,1-2H3. The Hall–Kier alpha value is -0.200. The molecule has 0 spiro atoms. The summed E-state index contributed by atoms with van der Waals surface area (Å²) in [6, 6.07) is 0.546. The van der Waals surface area contributed by atoms with Crippen molar-refractivity contribution in [2.45, 2.75) is 32.7 Å². The van der Waals surface area contributed by atoms with E-state index in [1.807, 2.05) is 5.01 Å². The molecule has 0 saturated carbocycles. The van der Waals surface area contributed by atoms with Gasteiger partial charge in [0.2, 0.25) is 0 Å². The van der Waals surface area contributed by atoms with Crippen molar-refractivity contribution in [3.63, 3.8) is 0 Å². The number of nitrogens with zero attached hydrogens (tertiary/aromatic N) is 3. The van der Waals surface area contributed by atoms with E-state index in [0.29, 0.717) is 6.04 Å². The summed E-state index contributed by atoms with van der Waals surface area (Å²) in [5, 5.41) is 4.35. The number of hydrogen-bond acceptors (Lipinski definition) is 5. The Morgan fingerprint density at radius 3 is 2.56 bits per heavy atom. The molecule has 2 fully saturated rings. The number of hydrazine groups is 2. The van der Waals surface area contributed by atoms with Crippen molar-refractivity contribution < 1.29 is 0 Å². The van der Waals surface area contributed by atoms with Crippen LogP contribution in [0.3, 0.4) is 0 Å². The van der Waals surface area contributed by atoms with Crippen molar-refractivity contribution in [3.05, 3.63) is 0 Å². The maximum absolute atomic E-state index is 5.80. The van der Waals surface area contributed by atoms with Crippen LogP contribution in [0.2, 0.25) is 0 Å². The molecule has 5 nitrogen and oxygen atoms in total. The van der Waals surface area contributed by atoms with Gasteiger partial charge in [-0.1, -0.05) is 0 Å². The van der Waals surface area contributed by atoms with Gasteiger partial charge in [0.25, 0.3) is 0 Å². The smallest absolute Gasteiger partial charge is 0.0257 e. The zero-order valence-electron chi connectivity index (χ0n) is 11.9. The van der Waals surface area contributed by atoms with Gasteiger partial charge in [0.15, 0.2) is 0 Å². The van der Waals surface area contributed by atoms with Crippen LogP contribution in [0.1, 0.15) is 26.7 Å². The largest absolute Gasteiger partial charge is 0.300 e. The van der Waals surface area contributed by atoms with Crippen molar-refractivity contribution in [1.82, 2.24) is 20.3 Å². The highest BCUT2D eigenvalue weighted by molar-refractivity contribution is 4.77. The predicted octanol–water partition coefficient (Wildman–Crippen LogP) is 0.103. The molecule has 2 heterocycles. The fourth-order valence-corrected chi connectivity index (χ4v) is 3.01. The summed E-state index contributed by atoms with van der Waals surface area (Å²) in [6.45, 7) is 12.3. The van der Waals surface area contributed by atoms with Gasteiger partial charge in [-0.05, 0) is 32.6 Å². The van der Waals surface area contributed by atoms with Crippen LogP contribution in [0.15, 0.2) is 0 Å². The molecule has 18 heavy (non-hydrogen) atoms. The SMILES string of the molecule is CC(C)NN1CCCC(CN2CCN(N)CC2)C1. The lowest BCUT2D eigenvalue weighted by molar-refractivity contribution is 0.0634. The van der Waals surface area contributed by atoms with Crippen molar-refractivity contribution >= 4 is 0 Å². The number of piperazine rings is 1. The Kier molecular flexibility index (Phi) is 5.38. The Morgan fingerprint density at radius 2 is 1.89 bits per heavy atom. The van der Waals surface area contributed by atoms with E-state index in [0.717, 1.165) is 32.1 Å². The molecule has 0 amide bonds. The predicted molar refractivity (Wildman–Crippen MR) is 74.8 cm³/mol. The first-order valence-corrected chi connectivity index (χ1v) is 7.36. The van der Waals surface area contributed by atoms with E-state index in [4.69, 9.17) is 5.84 Å². The second-order valence-electron chi connectivity index (χ2n) is 6.07. The van der Waals surface area contributed by atoms with Gasteiger partial charge >= 0.3 is 0 Å². The van der Waals surface area contributed by atoms with Crippen molar-refractivity contribution in [3.8, 4) is 0 Å². The van der Waals surface area contributed by atoms with E-state index in [2.05, 4.69) is 29.2 Å². The Balaban J connectivity index is 1.72. The van der Waals surface area contributed by atoms with Gasteiger partial charge in [-0.2, -0.15) is 0 Å². The second-order valence-corrected chi connectivity index (χ2v) is 6.07. The van der Waals surface area contributed by atoms with Crippen LogP contribution in [0.5, 0.6) is 0 Å². The first-order valence-electron chi connectivity index (χ1n) is 7.36. The molecule has 0 radical (unpaired) electrons. The number of piperidine rings is 1. The molecule has 1 unspecified atom stereocenters. The Morgan fingerprint density at radius 1 is 1.17 bits per heavy atom. The summed E-state index contributed by atoms with van der Waals surface area (Å²) in [5.74, 6) is 6.61. The molecular formula is C13H29N5. The highest BCUT2D eigenvalue weighted by Gasteiger charge is 2.23. The first-order chi connectivity index (χ1) is 8.63. The third kappa shape index (κ3) is 4.48. The van der Waals surface area contributed by atoms with E-state index in [-0.39, 0.29) is 0 Å². The van der Waals surface area contributed by atoms with Gasteiger partial charge < -0.3 is 4.90 Å². The fraction of sp³-hybridized carbons (Fsp3) is 1.00. The molecule has 106 valence electrons. The van der Waals surface area contributed by atoms with E-state index in [9.17, 15) is 0 Å². The Labute approximate surface area is 111 Å². The highest BCUT2D eigenvalue weighted by Crippen LogP contribution is 2.17. The normalized spacial score (nSPS) is 29.0. The molecule has 2 rings (SSSR count). The summed E-state index contributed by atoms with van der Waals surface area (Å²) >= 11 is 0. The highest BCUT2D eigenvalue weighted by atomic mass is 15.5. The second kappa shape index (κ2) is 6.82. The molecule has 0 bridgehead atoms. The summed E-state index contributed by atoms with van der Waals surface area (Å²) in [5.41, 5.74) is 3.54. The molecule has 1 atom stereocenters. The minimum atomic E-state index is 0.546. The lowest BCUT2D eigenvalue weighted by Gasteiger charge is -2.39. The number of rotatable bonds is 4. The fourth-order valence-electron chi connectivity index (χ4n) is 3.01. The third-order valence-electron chi connectivity index (χ3n) is 3.88. The Bertz CT molecular complexity index is 238. The summed E-state index contributed by atoms with van der Waals surface area (Å²) in [6.07, 6.45) is 2.69. The van der Waals surface area contributed by atoms with Crippen LogP contribution in [0, 0.1) is 5.92 Å². The lowest BCUT2D eigenvalue weighted by Crippen LogP contribution is -2.53. The van der Waals surface area contributed by atoms with Crippen LogP contribution < -0.4 is 11.3 Å². The molecule has 2 aliphatic heterocycles. The molecule has 3 N–H and O–H groups in total. The molecule has 0 aliphatic carbocycles. The van der Waals surface area contributed by atoms with Crippen LogP contribution in [-0.2, 0) is 0 Å². The molecular weight excluding hydrogens is 226 g/mol. The number of nitrogens with one attached hydrogen (secondary N) is 1. The quantitative estimate of drug-likeness (QED) is 0.698. The maximum Gasteiger partial charge on any atom is 0.0257 e. The number of nitrogens with two attached hydrogens (primary N) is 1. The molecule has 0 aromatic heterocycles. The van der Waals surface area contributed by atoms with Crippen molar-refractivity contribution in [1.29, 1.82) is 0 Å². The lowest BCUT2D eigenvalue weighted by atomic mass is 9.98. The van der Waals surface area contributed by atoms with Crippen molar-refractivity contribution in [2.75, 3.05) is 45.8 Å². The number of hydrogen-bond donors (Lipinski definition) is 2. The minimum absolute atomic E-state index is 0.546.